The molecule has 0 aromatic rings. The summed E-state index contributed by atoms with van der Waals surface area (Å²) in [7, 11) is 0. The second-order valence-electron chi connectivity index (χ2n) is 3.56. The fourth-order valence-corrected chi connectivity index (χ4v) is 1.52. The van der Waals surface area contributed by atoms with Crippen molar-refractivity contribution < 1.29 is 0 Å². The first-order valence-electron chi connectivity index (χ1n) is 4.98. The molecule has 14 heavy (non-hydrogen) atoms. The van der Waals surface area contributed by atoms with E-state index in [-0.39, 0.29) is 0 Å². The predicted octanol–water partition coefficient (Wildman–Crippen LogP) is 0.952. The topological polar surface area (TPSA) is 55.3 Å². The standard InChI is InChI=1S/C11H19N3/c1-10(4-2-3-7-12)14-8-5-11(13)6-9-14/h2-4,7,11H,1,5-6,8-9,12-13H2/b4-2-,7-3-. The smallest absolute Gasteiger partial charge is 0.0293 e. The third-order valence-corrected chi connectivity index (χ3v) is 2.46. The zero-order valence-corrected chi connectivity index (χ0v) is 8.52. The fraction of sp³-hybridized carbons (Fsp3) is 0.455. The summed E-state index contributed by atoms with van der Waals surface area (Å²) in [5.74, 6) is 0. The molecule has 0 unspecified atom stereocenters. The maximum atomic E-state index is 5.82. The summed E-state index contributed by atoms with van der Waals surface area (Å²) < 4.78 is 0. The van der Waals surface area contributed by atoms with Gasteiger partial charge in [0.15, 0.2) is 0 Å². The molecular formula is C11H19N3. The maximum absolute atomic E-state index is 5.82. The molecule has 1 aliphatic heterocycles. The second kappa shape index (κ2) is 5.50. The van der Waals surface area contributed by atoms with Gasteiger partial charge in [0.05, 0.1) is 0 Å². The zero-order valence-electron chi connectivity index (χ0n) is 8.52. The molecule has 0 aromatic carbocycles. The molecule has 3 heteroatoms. The third-order valence-electron chi connectivity index (χ3n) is 2.46. The van der Waals surface area contributed by atoms with Crippen LogP contribution < -0.4 is 11.5 Å². The van der Waals surface area contributed by atoms with E-state index >= 15 is 0 Å². The van der Waals surface area contributed by atoms with Crippen LogP contribution in [0.5, 0.6) is 0 Å². The average molecular weight is 193 g/mol. The van der Waals surface area contributed by atoms with Crippen LogP contribution >= 0.6 is 0 Å². The van der Waals surface area contributed by atoms with Crippen LogP contribution in [-0.4, -0.2) is 24.0 Å². The van der Waals surface area contributed by atoms with Gasteiger partial charge in [0.25, 0.3) is 0 Å². The van der Waals surface area contributed by atoms with Crippen molar-refractivity contribution in [3.63, 3.8) is 0 Å². The Morgan fingerprint density at radius 3 is 2.50 bits per heavy atom. The van der Waals surface area contributed by atoms with Gasteiger partial charge in [-0.25, -0.2) is 0 Å². The first kappa shape index (κ1) is 10.9. The number of nitrogens with two attached hydrogens (primary N) is 2. The van der Waals surface area contributed by atoms with Gasteiger partial charge in [-0.05, 0) is 31.2 Å². The van der Waals surface area contributed by atoms with Crippen molar-refractivity contribution in [3.8, 4) is 0 Å². The molecule has 4 N–H and O–H groups in total. The summed E-state index contributed by atoms with van der Waals surface area (Å²) in [4.78, 5) is 2.25. The van der Waals surface area contributed by atoms with Gasteiger partial charge in [-0.15, -0.1) is 0 Å². The number of likely N-dealkylation sites (tertiary alicyclic amines) is 1. The van der Waals surface area contributed by atoms with Crippen LogP contribution in [0.25, 0.3) is 0 Å². The van der Waals surface area contributed by atoms with E-state index in [1.807, 2.05) is 12.2 Å². The summed E-state index contributed by atoms with van der Waals surface area (Å²) >= 11 is 0. The monoisotopic (exact) mass is 193 g/mol. The lowest BCUT2D eigenvalue weighted by molar-refractivity contribution is 0.271. The maximum Gasteiger partial charge on any atom is 0.0293 e. The highest BCUT2D eigenvalue weighted by Crippen LogP contribution is 2.13. The Hall–Kier alpha value is -1.22. The summed E-state index contributed by atoms with van der Waals surface area (Å²) in [6.45, 7) is 6.02. The Balaban J connectivity index is 2.38. The number of allylic oxidation sites excluding steroid dienone is 3. The quantitative estimate of drug-likeness (QED) is 0.656. The third kappa shape index (κ3) is 3.26. The van der Waals surface area contributed by atoms with Crippen molar-refractivity contribution in [2.24, 2.45) is 11.5 Å². The van der Waals surface area contributed by atoms with Gasteiger partial charge in [0.1, 0.15) is 0 Å². The number of rotatable bonds is 3. The molecular weight excluding hydrogens is 174 g/mol. The molecule has 0 saturated carbocycles. The molecule has 0 atom stereocenters. The van der Waals surface area contributed by atoms with Crippen molar-refractivity contribution >= 4 is 0 Å². The molecule has 0 spiro atoms. The molecule has 1 heterocycles. The van der Waals surface area contributed by atoms with E-state index in [0.29, 0.717) is 6.04 Å². The van der Waals surface area contributed by atoms with Crippen molar-refractivity contribution in [2.45, 2.75) is 18.9 Å². The van der Waals surface area contributed by atoms with Gasteiger partial charge in [0.2, 0.25) is 0 Å². The van der Waals surface area contributed by atoms with Gasteiger partial charge < -0.3 is 16.4 Å². The fourth-order valence-electron chi connectivity index (χ4n) is 1.52. The predicted molar refractivity (Wildman–Crippen MR) is 60.4 cm³/mol. The van der Waals surface area contributed by atoms with E-state index < -0.39 is 0 Å². The lowest BCUT2D eigenvalue weighted by Gasteiger charge is -2.32. The normalized spacial score (nSPS) is 19.6. The summed E-state index contributed by atoms with van der Waals surface area (Å²) in [5.41, 5.74) is 12.1. The average Bonchev–Trinajstić information content (AvgIpc) is 2.19. The van der Waals surface area contributed by atoms with Crippen molar-refractivity contribution in [3.05, 3.63) is 36.7 Å². The van der Waals surface area contributed by atoms with Crippen molar-refractivity contribution in [2.75, 3.05) is 13.1 Å². The van der Waals surface area contributed by atoms with E-state index in [2.05, 4.69) is 11.5 Å². The molecule has 1 fully saturated rings. The highest BCUT2D eigenvalue weighted by atomic mass is 15.1. The minimum absolute atomic E-state index is 0.368. The minimum Gasteiger partial charge on any atom is -0.405 e. The van der Waals surface area contributed by atoms with Crippen molar-refractivity contribution in [1.82, 2.24) is 4.90 Å². The lowest BCUT2D eigenvalue weighted by atomic mass is 10.1. The molecule has 1 saturated heterocycles. The van der Waals surface area contributed by atoms with E-state index in [9.17, 15) is 0 Å². The number of piperidine rings is 1. The number of nitrogens with zero attached hydrogens (tertiary/aromatic N) is 1. The van der Waals surface area contributed by atoms with Gasteiger partial charge in [-0.2, -0.15) is 0 Å². The van der Waals surface area contributed by atoms with Crippen molar-refractivity contribution in [1.29, 1.82) is 0 Å². The number of hydrogen-bond acceptors (Lipinski definition) is 3. The first-order valence-corrected chi connectivity index (χ1v) is 4.98. The Kier molecular flexibility index (Phi) is 4.26. The first-order chi connectivity index (χ1) is 6.74. The molecule has 0 aromatic heterocycles. The summed E-state index contributed by atoms with van der Waals surface area (Å²) in [5, 5.41) is 0. The highest BCUT2D eigenvalue weighted by molar-refractivity contribution is 5.18. The molecule has 3 nitrogen and oxygen atoms in total. The van der Waals surface area contributed by atoms with E-state index in [1.54, 1.807) is 6.08 Å². The van der Waals surface area contributed by atoms with Crippen LogP contribution in [0.4, 0.5) is 0 Å². The lowest BCUT2D eigenvalue weighted by Crippen LogP contribution is -2.38. The van der Waals surface area contributed by atoms with E-state index in [0.717, 1.165) is 31.6 Å². The Labute approximate surface area is 85.8 Å². The van der Waals surface area contributed by atoms with Crippen LogP contribution in [0, 0.1) is 0 Å². The Morgan fingerprint density at radius 1 is 1.29 bits per heavy atom. The van der Waals surface area contributed by atoms with Crippen LogP contribution in [0.3, 0.4) is 0 Å². The van der Waals surface area contributed by atoms with Crippen LogP contribution in [-0.2, 0) is 0 Å². The molecule has 1 rings (SSSR count). The molecule has 0 amide bonds. The molecule has 0 bridgehead atoms. The van der Waals surface area contributed by atoms with Crippen LogP contribution in [0.2, 0.25) is 0 Å². The van der Waals surface area contributed by atoms with Gasteiger partial charge >= 0.3 is 0 Å². The van der Waals surface area contributed by atoms with Crippen LogP contribution in [0.15, 0.2) is 36.7 Å². The second-order valence-corrected chi connectivity index (χ2v) is 3.56. The Bertz CT molecular complexity index is 235. The summed E-state index contributed by atoms with van der Waals surface area (Å²) in [6, 6.07) is 0.368. The number of hydrogen-bond donors (Lipinski definition) is 2. The largest absolute Gasteiger partial charge is 0.405 e. The molecule has 78 valence electrons. The Morgan fingerprint density at radius 2 is 1.93 bits per heavy atom. The highest BCUT2D eigenvalue weighted by Gasteiger charge is 2.15. The van der Waals surface area contributed by atoms with E-state index in [4.69, 9.17) is 11.5 Å². The molecule has 0 radical (unpaired) electrons. The molecule has 1 aliphatic rings. The molecule has 0 aliphatic carbocycles. The van der Waals surface area contributed by atoms with Gasteiger partial charge in [-0.1, -0.05) is 12.7 Å². The van der Waals surface area contributed by atoms with Crippen LogP contribution in [0.1, 0.15) is 12.8 Å². The van der Waals surface area contributed by atoms with Gasteiger partial charge in [0, 0.05) is 24.8 Å². The minimum atomic E-state index is 0.368. The van der Waals surface area contributed by atoms with Gasteiger partial charge in [-0.3, -0.25) is 0 Å². The zero-order chi connectivity index (χ0) is 10.4. The summed E-state index contributed by atoms with van der Waals surface area (Å²) in [6.07, 6.45) is 9.28. The van der Waals surface area contributed by atoms with E-state index in [1.165, 1.54) is 6.20 Å². The SMILES string of the molecule is C=C(/C=C\C=C/N)N1CCC(N)CC1.